The Labute approximate surface area is 171 Å². The zero-order chi connectivity index (χ0) is 21.8. The molecule has 1 saturated carbocycles. The number of hydrogen-bond acceptors (Lipinski definition) is 5. The first kappa shape index (κ1) is 21.9. The van der Waals surface area contributed by atoms with Gasteiger partial charge >= 0.3 is 12.1 Å². The van der Waals surface area contributed by atoms with E-state index < -0.39 is 23.9 Å². The number of halogens is 3. The number of hydrogen-bond donors (Lipinski definition) is 1. The lowest BCUT2D eigenvalue weighted by Crippen LogP contribution is -2.21. The normalized spacial score (nSPS) is 16.0. The molecule has 0 amide bonds. The Hall–Kier alpha value is -2.81. The number of ether oxygens (including phenoxy) is 3. The van der Waals surface area contributed by atoms with Crippen molar-refractivity contribution in [1.82, 2.24) is 4.98 Å². The number of rotatable bonds is 10. The van der Waals surface area contributed by atoms with Gasteiger partial charge in [-0.15, -0.1) is 0 Å². The van der Waals surface area contributed by atoms with Crippen molar-refractivity contribution in [3.05, 3.63) is 53.9 Å². The lowest BCUT2D eigenvalue weighted by atomic mass is 10.1. The number of carbonyl (C=O) groups is 1. The molecule has 9 heteroatoms. The van der Waals surface area contributed by atoms with Crippen LogP contribution in [0.1, 0.15) is 36.6 Å². The molecule has 0 radical (unpaired) electrons. The van der Waals surface area contributed by atoms with Crippen molar-refractivity contribution >= 4 is 5.97 Å². The molecule has 0 aliphatic heterocycles. The highest BCUT2D eigenvalue weighted by atomic mass is 19.4. The molecular weight excluding hydrogens is 403 g/mol. The van der Waals surface area contributed by atoms with E-state index in [1.165, 1.54) is 13.2 Å². The van der Waals surface area contributed by atoms with Gasteiger partial charge in [-0.05, 0) is 42.7 Å². The monoisotopic (exact) mass is 425 g/mol. The fraction of sp³-hybridized carbons (Fsp3) is 0.429. The van der Waals surface area contributed by atoms with Gasteiger partial charge in [-0.3, -0.25) is 4.79 Å². The molecule has 30 heavy (non-hydrogen) atoms. The van der Waals surface area contributed by atoms with Crippen LogP contribution < -0.4 is 9.47 Å². The summed E-state index contributed by atoms with van der Waals surface area (Å²) in [5.41, 5.74) is -0.395. The van der Waals surface area contributed by atoms with E-state index in [1.54, 1.807) is 24.3 Å². The summed E-state index contributed by atoms with van der Waals surface area (Å²) in [4.78, 5) is 14.3. The summed E-state index contributed by atoms with van der Waals surface area (Å²) in [5.74, 6) is -0.0323. The van der Waals surface area contributed by atoms with Gasteiger partial charge in [0.1, 0.15) is 17.2 Å². The summed E-state index contributed by atoms with van der Waals surface area (Å²) in [7, 11) is 1.46. The van der Waals surface area contributed by atoms with Gasteiger partial charge in [0.05, 0.1) is 31.9 Å². The number of aliphatic carboxylic acids is 1. The van der Waals surface area contributed by atoms with Crippen LogP contribution in [-0.2, 0) is 15.7 Å². The molecule has 1 atom stereocenters. The van der Waals surface area contributed by atoms with Crippen molar-refractivity contribution in [2.45, 2.75) is 31.5 Å². The Balaban J connectivity index is 1.50. The summed E-state index contributed by atoms with van der Waals surface area (Å²) in [5, 5.41) is 8.92. The molecule has 0 saturated heterocycles. The summed E-state index contributed by atoms with van der Waals surface area (Å²) in [6.07, 6.45) is -2.28. The Bertz CT molecular complexity index is 848. The molecule has 1 aromatic heterocycles. The molecular formula is C21H22F3NO5. The second-order valence-electron chi connectivity index (χ2n) is 7.35. The molecule has 1 fully saturated rings. The molecule has 2 aromatic rings. The van der Waals surface area contributed by atoms with E-state index in [-0.39, 0.29) is 17.6 Å². The number of alkyl halides is 3. The van der Waals surface area contributed by atoms with Crippen LogP contribution in [0.4, 0.5) is 13.2 Å². The number of benzene rings is 1. The summed E-state index contributed by atoms with van der Waals surface area (Å²) < 4.78 is 54.3. The van der Waals surface area contributed by atoms with Gasteiger partial charge in [-0.1, -0.05) is 12.1 Å². The number of pyridine rings is 1. The third-order valence-electron chi connectivity index (χ3n) is 4.97. The molecule has 3 rings (SSSR count). The minimum absolute atomic E-state index is 0.129. The Morgan fingerprint density at radius 2 is 1.70 bits per heavy atom. The van der Waals surface area contributed by atoms with Gasteiger partial charge < -0.3 is 19.3 Å². The third-order valence-corrected chi connectivity index (χ3v) is 4.97. The van der Waals surface area contributed by atoms with E-state index >= 15 is 0 Å². The van der Waals surface area contributed by atoms with Gasteiger partial charge in [-0.2, -0.15) is 13.2 Å². The fourth-order valence-corrected chi connectivity index (χ4v) is 2.89. The number of nitrogens with zero attached hydrogens (tertiary/aromatic N) is 1. The second kappa shape index (κ2) is 8.91. The van der Waals surface area contributed by atoms with Crippen LogP contribution in [0.3, 0.4) is 0 Å². The largest absolute Gasteiger partial charge is 0.493 e. The Morgan fingerprint density at radius 3 is 2.17 bits per heavy atom. The van der Waals surface area contributed by atoms with Gasteiger partial charge in [0.2, 0.25) is 0 Å². The van der Waals surface area contributed by atoms with Gasteiger partial charge in [0.15, 0.2) is 0 Å². The van der Waals surface area contributed by atoms with Crippen molar-refractivity contribution in [3.8, 4) is 11.5 Å². The molecule has 1 aromatic carbocycles. The van der Waals surface area contributed by atoms with Gasteiger partial charge in [0, 0.05) is 12.5 Å². The SMILES string of the molecule is COC(CC(=O)O)c1ccc(OCC2(COc3ccc(C(F)(F)F)nc3)CC2)cc1. The van der Waals surface area contributed by atoms with E-state index in [0.717, 1.165) is 30.7 Å². The molecule has 0 spiro atoms. The molecule has 1 heterocycles. The second-order valence-corrected chi connectivity index (χ2v) is 7.35. The highest BCUT2D eigenvalue weighted by molar-refractivity contribution is 5.67. The van der Waals surface area contributed by atoms with Crippen LogP contribution in [0, 0.1) is 5.41 Å². The van der Waals surface area contributed by atoms with Gasteiger partial charge in [0.25, 0.3) is 0 Å². The van der Waals surface area contributed by atoms with Crippen LogP contribution in [0.25, 0.3) is 0 Å². The quantitative estimate of drug-likeness (QED) is 0.604. The maximum atomic E-state index is 12.6. The molecule has 1 N–H and O–H groups in total. The number of carboxylic acid groups (broad SMARTS) is 1. The van der Waals surface area contributed by atoms with E-state index in [0.29, 0.717) is 19.0 Å². The zero-order valence-electron chi connectivity index (χ0n) is 16.3. The van der Waals surface area contributed by atoms with Crippen LogP contribution in [-0.4, -0.2) is 36.4 Å². The highest BCUT2D eigenvalue weighted by Crippen LogP contribution is 2.46. The predicted octanol–water partition coefficient (Wildman–Crippen LogP) is 4.50. The predicted molar refractivity (Wildman–Crippen MR) is 100 cm³/mol. The van der Waals surface area contributed by atoms with E-state index in [4.69, 9.17) is 19.3 Å². The van der Waals surface area contributed by atoms with E-state index in [9.17, 15) is 18.0 Å². The fourth-order valence-electron chi connectivity index (χ4n) is 2.89. The number of aromatic nitrogens is 1. The number of carboxylic acids is 1. The minimum atomic E-state index is -4.48. The van der Waals surface area contributed by atoms with Crippen LogP contribution in [0.15, 0.2) is 42.6 Å². The summed E-state index contributed by atoms with van der Waals surface area (Å²) in [6.45, 7) is 0.728. The molecule has 6 nitrogen and oxygen atoms in total. The van der Waals surface area contributed by atoms with Crippen LogP contribution in [0.2, 0.25) is 0 Å². The summed E-state index contributed by atoms with van der Waals surface area (Å²) >= 11 is 0. The standard InChI is InChI=1S/C21H22F3NO5/c1-28-17(10-19(26)27)14-2-4-15(5-3-14)29-12-20(8-9-20)13-30-16-6-7-18(25-11-16)21(22,23)24/h2-7,11,17H,8-10,12-13H2,1H3,(H,26,27). The zero-order valence-corrected chi connectivity index (χ0v) is 16.3. The first-order valence-electron chi connectivity index (χ1n) is 9.34. The van der Waals surface area contributed by atoms with Crippen LogP contribution in [0.5, 0.6) is 11.5 Å². The van der Waals surface area contributed by atoms with Crippen molar-refractivity contribution in [2.75, 3.05) is 20.3 Å². The lowest BCUT2D eigenvalue weighted by Gasteiger charge is -2.18. The van der Waals surface area contributed by atoms with Gasteiger partial charge in [-0.25, -0.2) is 4.98 Å². The van der Waals surface area contributed by atoms with Crippen molar-refractivity contribution in [3.63, 3.8) is 0 Å². The van der Waals surface area contributed by atoms with Crippen molar-refractivity contribution in [2.24, 2.45) is 5.41 Å². The topological polar surface area (TPSA) is 77.9 Å². The van der Waals surface area contributed by atoms with Crippen molar-refractivity contribution < 1.29 is 37.3 Å². The Kier molecular flexibility index (Phi) is 6.50. The minimum Gasteiger partial charge on any atom is -0.493 e. The average molecular weight is 425 g/mol. The van der Waals surface area contributed by atoms with E-state index in [2.05, 4.69) is 4.98 Å². The maximum Gasteiger partial charge on any atom is 0.433 e. The summed E-state index contributed by atoms with van der Waals surface area (Å²) in [6, 6.07) is 9.17. The van der Waals surface area contributed by atoms with Crippen molar-refractivity contribution in [1.29, 1.82) is 0 Å². The third kappa shape index (κ3) is 5.85. The highest BCUT2D eigenvalue weighted by Gasteiger charge is 2.44. The first-order valence-corrected chi connectivity index (χ1v) is 9.34. The Morgan fingerprint density at radius 1 is 1.10 bits per heavy atom. The van der Waals surface area contributed by atoms with E-state index in [1.807, 2.05) is 0 Å². The molecule has 0 bridgehead atoms. The average Bonchev–Trinajstić information content (AvgIpc) is 3.49. The smallest absolute Gasteiger partial charge is 0.433 e. The molecule has 1 unspecified atom stereocenters. The first-order chi connectivity index (χ1) is 14.2. The maximum absolute atomic E-state index is 12.6. The number of methoxy groups -OCH3 is 1. The lowest BCUT2D eigenvalue weighted by molar-refractivity contribution is -0.141. The molecule has 162 valence electrons. The van der Waals surface area contributed by atoms with Crippen LogP contribution >= 0.6 is 0 Å². The molecule has 1 aliphatic carbocycles. The molecule has 1 aliphatic rings.